The predicted molar refractivity (Wildman–Crippen MR) is 347 cm³/mol. The van der Waals surface area contributed by atoms with Crippen molar-refractivity contribution >= 4 is 11.9 Å². The third-order valence-electron chi connectivity index (χ3n) is 15.8. The molecule has 8 unspecified atom stereocenters. The van der Waals surface area contributed by atoms with Crippen molar-refractivity contribution in [1.29, 1.82) is 0 Å². The summed E-state index contributed by atoms with van der Waals surface area (Å²) in [7, 11) is 0. The van der Waals surface area contributed by atoms with Crippen LogP contribution in [0.25, 0.3) is 0 Å². The summed E-state index contributed by atoms with van der Waals surface area (Å²) >= 11 is 0. The van der Waals surface area contributed by atoms with Crippen molar-refractivity contribution in [2.75, 3.05) is 13.2 Å². The van der Waals surface area contributed by atoms with E-state index in [-0.39, 0.29) is 19.4 Å². The quantitative estimate of drug-likeness (QED) is 0.0195. The topological polar surface area (TPSA) is 175 Å². The Morgan fingerprint density at radius 3 is 1.27 bits per heavy atom. The molecule has 0 saturated carbocycles. The molecule has 0 aromatic heterocycles. The van der Waals surface area contributed by atoms with Crippen molar-refractivity contribution in [1.82, 2.24) is 5.32 Å². The number of ether oxygens (including phenoxy) is 3. The summed E-state index contributed by atoms with van der Waals surface area (Å²) in [4.78, 5) is 26.7. The number of amides is 1. The molecule has 6 N–H and O–H groups in total. The molecule has 1 rings (SSSR count). The Balaban J connectivity index is 2.65. The highest BCUT2D eigenvalue weighted by Crippen LogP contribution is 2.26. The molecule has 0 spiro atoms. The Morgan fingerprint density at radius 2 is 0.831 bits per heavy atom. The van der Waals surface area contributed by atoms with Gasteiger partial charge in [0.2, 0.25) is 5.91 Å². The van der Waals surface area contributed by atoms with Crippen LogP contribution in [-0.4, -0.2) is 99.6 Å². The van der Waals surface area contributed by atoms with Gasteiger partial charge in [-0.25, -0.2) is 0 Å². The first-order valence-corrected chi connectivity index (χ1v) is 34.4. The van der Waals surface area contributed by atoms with E-state index in [1.807, 2.05) is 6.08 Å². The van der Waals surface area contributed by atoms with Gasteiger partial charge in [0.1, 0.15) is 24.4 Å². The molecule has 1 aliphatic heterocycles. The molecule has 0 aliphatic carbocycles. The molecule has 1 aliphatic rings. The lowest BCUT2D eigenvalue weighted by Crippen LogP contribution is -2.61. The normalized spacial score (nSPS) is 19.1. The lowest BCUT2D eigenvalue weighted by molar-refractivity contribution is -0.305. The number of carbonyl (C=O) groups excluding carboxylic acids is 2. The van der Waals surface area contributed by atoms with Crippen molar-refractivity contribution in [3.63, 3.8) is 0 Å². The molecular weight excluding hydrogens is 1040 g/mol. The first-order chi connectivity index (χ1) is 40.7. The fourth-order valence-corrected chi connectivity index (χ4v) is 10.3. The summed E-state index contributed by atoms with van der Waals surface area (Å²) < 4.78 is 17.7. The van der Waals surface area contributed by atoms with Gasteiger partial charge in [-0.3, -0.25) is 9.59 Å². The largest absolute Gasteiger partial charge is 0.454 e. The van der Waals surface area contributed by atoms with Crippen LogP contribution >= 0.6 is 0 Å². The molecule has 1 amide bonds. The van der Waals surface area contributed by atoms with Crippen LogP contribution in [0.15, 0.2) is 85.1 Å². The highest BCUT2D eigenvalue weighted by molar-refractivity contribution is 5.80. The minimum absolute atomic E-state index is 0.116. The molecule has 0 aromatic rings. The molecule has 0 aromatic carbocycles. The van der Waals surface area contributed by atoms with Crippen molar-refractivity contribution in [3.05, 3.63) is 85.1 Å². The Morgan fingerprint density at radius 1 is 0.470 bits per heavy atom. The number of unbranched alkanes of at least 4 members (excludes halogenated alkanes) is 32. The fourth-order valence-electron chi connectivity index (χ4n) is 10.3. The van der Waals surface area contributed by atoms with E-state index in [0.717, 1.165) is 89.9 Å². The van der Waals surface area contributed by atoms with Gasteiger partial charge in [0, 0.05) is 6.42 Å². The number of allylic oxidation sites excluding steroid dienone is 13. The van der Waals surface area contributed by atoms with E-state index in [9.17, 15) is 35.1 Å². The number of aliphatic hydroxyl groups excluding tert-OH is 5. The lowest BCUT2D eigenvalue weighted by atomic mass is 9.99. The van der Waals surface area contributed by atoms with Crippen molar-refractivity contribution in [2.24, 2.45) is 0 Å². The molecule has 11 heteroatoms. The Bertz CT molecular complexity index is 1670. The van der Waals surface area contributed by atoms with Crippen LogP contribution in [0.4, 0.5) is 0 Å². The Hall–Kier alpha value is -3.16. The van der Waals surface area contributed by atoms with Crippen LogP contribution in [-0.2, 0) is 23.8 Å². The SMILES string of the molecule is CCCCC/C=C\C/C=C\C/C=C\C/C=C\CCCCCCC(O)C(=O)NC(COC1OC(CO)C(O)C(O)C1OC(=O)CCCCCCCCCCCCC/C=C\C/C=C\CCCCC)C(O)/C=C/CCCCCCCCCCCCC. The molecular formula is C72H127NO10. The summed E-state index contributed by atoms with van der Waals surface area (Å²) in [5.74, 6) is -1.21. The van der Waals surface area contributed by atoms with E-state index >= 15 is 0 Å². The Kier molecular flexibility index (Phi) is 55.5. The fraction of sp³-hybridized carbons (Fsp3) is 0.778. The number of hydrogen-bond donors (Lipinski definition) is 6. The van der Waals surface area contributed by atoms with Gasteiger partial charge in [0.05, 0.1) is 25.4 Å². The first kappa shape index (κ1) is 77.9. The maximum atomic E-state index is 13.5. The van der Waals surface area contributed by atoms with Gasteiger partial charge < -0.3 is 45.1 Å². The molecule has 1 heterocycles. The molecule has 11 nitrogen and oxygen atoms in total. The average molecular weight is 1170 g/mol. The lowest BCUT2D eigenvalue weighted by Gasteiger charge is -2.41. The standard InChI is InChI=1S/C72H127NO10/c1-4-7-10-13-16-19-22-25-27-29-31-33-35-37-39-42-45-48-51-54-57-60-67(77)83-70-69(79)68(78)66(61-74)82-72(70)81-62-63(64(75)58-55-52-49-46-43-40-24-21-18-15-12-9-6-3)73-71(80)65(76)59-56-53-50-47-44-41-38-36-34-32-30-28-26-23-20-17-14-11-8-5-2/h16-17,19-20,25-28,32,34,38,41,55,58,63-66,68-70,72,74-76,78-79H,4-15,18,21-24,29-31,33,35-37,39-40,42-54,56-57,59-62H2,1-3H3,(H,73,80)/b19-16-,20-17-,27-25-,28-26-,34-32-,41-38-,58-55+. The van der Waals surface area contributed by atoms with E-state index in [1.165, 1.54) is 161 Å². The minimum Gasteiger partial charge on any atom is -0.454 e. The van der Waals surface area contributed by atoms with E-state index in [1.54, 1.807) is 6.08 Å². The number of nitrogens with one attached hydrogen (secondary N) is 1. The smallest absolute Gasteiger partial charge is 0.306 e. The number of carbonyl (C=O) groups is 2. The van der Waals surface area contributed by atoms with Crippen LogP contribution in [0.2, 0.25) is 0 Å². The van der Waals surface area contributed by atoms with E-state index in [0.29, 0.717) is 12.8 Å². The van der Waals surface area contributed by atoms with Crippen LogP contribution in [0.1, 0.15) is 297 Å². The van der Waals surface area contributed by atoms with Crippen molar-refractivity contribution in [2.45, 2.75) is 346 Å². The number of esters is 1. The zero-order chi connectivity index (χ0) is 60.3. The van der Waals surface area contributed by atoms with Gasteiger partial charge in [-0.1, -0.05) is 273 Å². The van der Waals surface area contributed by atoms with Crippen LogP contribution < -0.4 is 5.32 Å². The Labute approximate surface area is 508 Å². The van der Waals surface area contributed by atoms with E-state index < -0.39 is 67.4 Å². The maximum Gasteiger partial charge on any atom is 0.306 e. The summed E-state index contributed by atoms with van der Waals surface area (Å²) in [5.41, 5.74) is 0. The molecule has 480 valence electrons. The third-order valence-corrected chi connectivity index (χ3v) is 15.8. The van der Waals surface area contributed by atoms with Crippen molar-refractivity contribution in [3.8, 4) is 0 Å². The van der Waals surface area contributed by atoms with Crippen LogP contribution in [0.3, 0.4) is 0 Å². The summed E-state index contributed by atoms with van der Waals surface area (Å²) in [5, 5.41) is 57.2. The highest BCUT2D eigenvalue weighted by Gasteiger charge is 2.47. The minimum atomic E-state index is -1.62. The molecule has 8 atom stereocenters. The predicted octanol–water partition coefficient (Wildman–Crippen LogP) is 17.3. The number of hydrogen-bond acceptors (Lipinski definition) is 10. The van der Waals surface area contributed by atoms with Gasteiger partial charge >= 0.3 is 5.97 Å². The molecule has 1 saturated heterocycles. The number of aliphatic hydroxyl groups is 5. The van der Waals surface area contributed by atoms with Crippen LogP contribution in [0.5, 0.6) is 0 Å². The third kappa shape index (κ3) is 46.7. The van der Waals surface area contributed by atoms with E-state index in [4.69, 9.17) is 14.2 Å². The van der Waals surface area contributed by atoms with Gasteiger partial charge in [-0.15, -0.1) is 0 Å². The second-order valence-electron chi connectivity index (χ2n) is 23.6. The molecule has 0 bridgehead atoms. The van der Waals surface area contributed by atoms with Gasteiger partial charge in [-0.05, 0) is 103 Å². The zero-order valence-electron chi connectivity index (χ0n) is 53.3. The summed E-state index contributed by atoms with van der Waals surface area (Å²) in [6, 6.07) is -1.04. The summed E-state index contributed by atoms with van der Waals surface area (Å²) in [6.45, 7) is 5.75. The van der Waals surface area contributed by atoms with Crippen LogP contribution in [0, 0.1) is 0 Å². The zero-order valence-corrected chi connectivity index (χ0v) is 53.3. The monoisotopic (exact) mass is 1170 g/mol. The second kappa shape index (κ2) is 59.2. The highest BCUT2D eigenvalue weighted by atomic mass is 16.7. The molecule has 0 radical (unpaired) electrons. The van der Waals surface area contributed by atoms with Gasteiger partial charge in [0.25, 0.3) is 0 Å². The average Bonchev–Trinajstić information content (AvgIpc) is 3.54. The summed E-state index contributed by atoms with van der Waals surface area (Å²) in [6.07, 6.45) is 67.5. The first-order valence-electron chi connectivity index (χ1n) is 34.4. The number of rotatable bonds is 58. The van der Waals surface area contributed by atoms with E-state index in [2.05, 4.69) is 99.0 Å². The molecule has 83 heavy (non-hydrogen) atoms. The maximum absolute atomic E-state index is 13.5. The van der Waals surface area contributed by atoms with Crippen molar-refractivity contribution < 1.29 is 49.3 Å². The molecule has 1 fully saturated rings. The van der Waals surface area contributed by atoms with Gasteiger partial charge in [-0.2, -0.15) is 0 Å². The van der Waals surface area contributed by atoms with Gasteiger partial charge in [0.15, 0.2) is 12.4 Å². The second-order valence-corrected chi connectivity index (χ2v) is 23.6.